The Morgan fingerprint density at radius 1 is 1.04 bits per heavy atom. The van der Waals surface area contributed by atoms with E-state index < -0.39 is 30.5 Å². The zero-order valence-corrected chi connectivity index (χ0v) is 16.2. The van der Waals surface area contributed by atoms with Crippen molar-refractivity contribution < 1.29 is 34.1 Å². The highest BCUT2D eigenvalue weighted by Gasteiger charge is 2.23. The van der Waals surface area contributed by atoms with Gasteiger partial charge in [-0.05, 0) is 5.56 Å². The topological polar surface area (TPSA) is 130 Å². The predicted molar refractivity (Wildman–Crippen MR) is 96.0 cm³/mol. The summed E-state index contributed by atoms with van der Waals surface area (Å²) in [6.45, 7) is -0.0217. The molecule has 10 heteroatoms. The van der Waals surface area contributed by atoms with Gasteiger partial charge >= 0.3 is 18.0 Å². The van der Waals surface area contributed by atoms with Crippen molar-refractivity contribution in [2.75, 3.05) is 10.7 Å². The van der Waals surface area contributed by atoms with Crippen LogP contribution in [0.4, 0.5) is 4.79 Å². The summed E-state index contributed by atoms with van der Waals surface area (Å²) < 4.78 is 4.78. The summed E-state index contributed by atoms with van der Waals surface area (Å²) in [6.07, 6.45) is -1.69. The number of aliphatic carboxylic acids is 2. The maximum atomic E-state index is 11.3. The number of ketones is 1. The van der Waals surface area contributed by atoms with Gasteiger partial charge in [-0.15, -0.1) is 0 Å². The van der Waals surface area contributed by atoms with Crippen molar-refractivity contribution in [2.45, 2.75) is 19.1 Å². The Morgan fingerprint density at radius 2 is 1.60 bits per heavy atom. The van der Waals surface area contributed by atoms with Crippen LogP contribution in [-0.2, 0) is 25.7 Å². The number of alkyl halides is 2. The fourth-order valence-electron chi connectivity index (χ4n) is 1.32. The summed E-state index contributed by atoms with van der Waals surface area (Å²) in [7, 11) is 0. The van der Waals surface area contributed by atoms with Gasteiger partial charge in [0.15, 0.2) is 5.78 Å². The van der Waals surface area contributed by atoms with Gasteiger partial charge in [0.05, 0.1) is 17.1 Å². The molecule has 1 aromatic rings. The van der Waals surface area contributed by atoms with Crippen LogP contribution in [0.1, 0.15) is 12.0 Å². The Hall–Kier alpha value is -1.94. The fourth-order valence-corrected chi connectivity index (χ4v) is 2.25. The SMILES string of the molecule is O=C(CBr)CBr.O=C(O)C[C@H](NC(=O)OCc1ccccc1)C(=O)O. The number of benzene rings is 1. The van der Waals surface area contributed by atoms with Gasteiger partial charge in [-0.25, -0.2) is 9.59 Å². The lowest BCUT2D eigenvalue weighted by atomic mass is 10.2. The molecule has 0 aromatic heterocycles. The predicted octanol–water partition coefficient (Wildman–Crippen LogP) is 2.19. The Labute approximate surface area is 160 Å². The molecule has 0 saturated heterocycles. The van der Waals surface area contributed by atoms with E-state index in [2.05, 4.69) is 31.9 Å². The van der Waals surface area contributed by atoms with Crippen LogP contribution in [0.3, 0.4) is 0 Å². The van der Waals surface area contributed by atoms with Crippen molar-refractivity contribution in [3.05, 3.63) is 35.9 Å². The molecule has 25 heavy (non-hydrogen) atoms. The van der Waals surface area contributed by atoms with Crippen molar-refractivity contribution >= 4 is 55.7 Å². The molecule has 0 spiro atoms. The third-order valence-electron chi connectivity index (χ3n) is 2.48. The molecule has 8 nitrogen and oxygen atoms in total. The minimum Gasteiger partial charge on any atom is -0.481 e. The van der Waals surface area contributed by atoms with Crippen LogP contribution < -0.4 is 5.32 Å². The Balaban J connectivity index is 0.000000823. The Morgan fingerprint density at radius 3 is 2.00 bits per heavy atom. The average Bonchev–Trinajstić information content (AvgIpc) is 2.59. The summed E-state index contributed by atoms with van der Waals surface area (Å²) in [5.74, 6) is -2.58. The number of carbonyl (C=O) groups is 4. The highest BCUT2D eigenvalue weighted by atomic mass is 79.9. The maximum Gasteiger partial charge on any atom is 0.408 e. The van der Waals surface area contributed by atoms with Crippen LogP contribution in [0.2, 0.25) is 0 Å². The van der Waals surface area contributed by atoms with E-state index in [-0.39, 0.29) is 12.4 Å². The number of halogens is 2. The first-order chi connectivity index (χ1) is 11.8. The van der Waals surface area contributed by atoms with Crippen molar-refractivity contribution in [2.24, 2.45) is 0 Å². The van der Waals surface area contributed by atoms with Crippen molar-refractivity contribution in [1.82, 2.24) is 5.32 Å². The van der Waals surface area contributed by atoms with E-state index in [0.29, 0.717) is 10.7 Å². The van der Waals surface area contributed by atoms with Gasteiger partial charge in [0.2, 0.25) is 0 Å². The summed E-state index contributed by atoms with van der Waals surface area (Å²) in [5.41, 5.74) is 0.739. The van der Waals surface area contributed by atoms with E-state index in [0.717, 1.165) is 5.56 Å². The smallest absolute Gasteiger partial charge is 0.408 e. The van der Waals surface area contributed by atoms with Crippen LogP contribution in [0.15, 0.2) is 30.3 Å². The number of Topliss-reactive ketones (excluding diaryl/α,β-unsaturated/α-hetero) is 1. The number of nitrogens with one attached hydrogen (secondary N) is 1. The summed E-state index contributed by atoms with van der Waals surface area (Å²) in [6, 6.07) is 7.29. The van der Waals surface area contributed by atoms with E-state index in [1.165, 1.54) is 0 Å². The summed E-state index contributed by atoms with van der Waals surface area (Å²) >= 11 is 5.99. The highest BCUT2D eigenvalue weighted by molar-refractivity contribution is 9.10. The molecule has 0 aliphatic rings. The number of carboxylic acids is 2. The van der Waals surface area contributed by atoms with Crippen LogP contribution in [0.5, 0.6) is 0 Å². The quantitative estimate of drug-likeness (QED) is 0.484. The van der Waals surface area contributed by atoms with Gasteiger partial charge in [0, 0.05) is 0 Å². The lowest BCUT2D eigenvalue weighted by Gasteiger charge is -2.12. The molecular weight excluding hydrogens is 466 g/mol. The first-order valence-electron chi connectivity index (χ1n) is 6.85. The molecule has 0 fully saturated rings. The van der Waals surface area contributed by atoms with E-state index in [9.17, 15) is 19.2 Å². The standard InChI is InChI=1S/C12H13NO6.C3H4Br2O/c14-10(15)6-9(11(16)17)13-12(18)19-7-8-4-2-1-3-5-8;4-1-3(6)2-5/h1-5,9H,6-7H2,(H,13,18)(H,14,15)(H,16,17);1-2H2/t9-;/m0./s1. The molecule has 0 aliphatic heterocycles. The second-order valence-corrected chi connectivity index (χ2v) is 5.62. The summed E-state index contributed by atoms with van der Waals surface area (Å²) in [4.78, 5) is 42.5. The van der Waals surface area contributed by atoms with Crippen molar-refractivity contribution in [3.8, 4) is 0 Å². The van der Waals surface area contributed by atoms with Crippen molar-refractivity contribution in [1.29, 1.82) is 0 Å². The molecule has 0 saturated carbocycles. The Kier molecular flexibility index (Phi) is 12.3. The Bertz CT molecular complexity index is 575. The lowest BCUT2D eigenvalue weighted by molar-refractivity contribution is -0.145. The van der Waals surface area contributed by atoms with E-state index >= 15 is 0 Å². The van der Waals surface area contributed by atoms with E-state index in [1.54, 1.807) is 30.3 Å². The molecule has 0 heterocycles. The second-order valence-electron chi connectivity index (χ2n) is 4.50. The highest BCUT2D eigenvalue weighted by Crippen LogP contribution is 2.01. The zero-order valence-electron chi connectivity index (χ0n) is 13.0. The molecule has 0 aliphatic carbocycles. The largest absolute Gasteiger partial charge is 0.481 e. The number of rotatable bonds is 8. The maximum absolute atomic E-state index is 11.3. The van der Waals surface area contributed by atoms with Gasteiger partial charge in [-0.1, -0.05) is 62.2 Å². The van der Waals surface area contributed by atoms with Gasteiger partial charge in [0.1, 0.15) is 12.6 Å². The number of carboxylic acid groups (broad SMARTS) is 2. The monoisotopic (exact) mass is 481 g/mol. The van der Waals surface area contributed by atoms with E-state index in [1.807, 2.05) is 5.32 Å². The van der Waals surface area contributed by atoms with Crippen molar-refractivity contribution in [3.63, 3.8) is 0 Å². The van der Waals surface area contributed by atoms with E-state index in [4.69, 9.17) is 14.9 Å². The summed E-state index contributed by atoms with van der Waals surface area (Å²) in [5, 5.41) is 20.1. The van der Waals surface area contributed by atoms with Gasteiger partial charge < -0.3 is 20.3 Å². The molecule has 0 unspecified atom stereocenters. The number of amides is 1. The molecule has 0 bridgehead atoms. The van der Waals surface area contributed by atoms with Gasteiger partial charge in [-0.3, -0.25) is 9.59 Å². The van der Waals surface area contributed by atoms with Gasteiger partial charge in [-0.2, -0.15) is 0 Å². The normalized spacial score (nSPS) is 10.6. The first-order valence-corrected chi connectivity index (χ1v) is 9.09. The molecule has 1 rings (SSSR count). The minimum atomic E-state index is -1.51. The van der Waals surface area contributed by atoms with Crippen LogP contribution in [-0.4, -0.2) is 50.7 Å². The third-order valence-corrected chi connectivity index (χ3v) is 3.73. The van der Waals surface area contributed by atoms with Crippen LogP contribution in [0.25, 0.3) is 0 Å². The average molecular weight is 483 g/mol. The number of alkyl carbamates (subject to hydrolysis) is 1. The van der Waals surface area contributed by atoms with Gasteiger partial charge in [0.25, 0.3) is 0 Å². The number of hydrogen-bond acceptors (Lipinski definition) is 5. The zero-order chi connectivity index (χ0) is 19.2. The lowest BCUT2D eigenvalue weighted by Crippen LogP contribution is -2.42. The minimum absolute atomic E-state index is 0.0217. The second kappa shape index (κ2) is 13.4. The molecule has 0 radical (unpaired) electrons. The third kappa shape index (κ3) is 12.1. The first kappa shape index (κ1) is 23.1. The molecule has 1 aromatic carbocycles. The number of hydrogen-bond donors (Lipinski definition) is 3. The molecular formula is C15H17Br2NO7. The molecule has 1 atom stereocenters. The molecule has 138 valence electrons. The van der Waals surface area contributed by atoms with Crippen LogP contribution in [0, 0.1) is 0 Å². The number of carbonyl (C=O) groups excluding carboxylic acids is 2. The molecule has 1 amide bonds. The molecule has 3 N–H and O–H groups in total. The van der Waals surface area contributed by atoms with Crippen LogP contribution >= 0.6 is 31.9 Å². The number of ether oxygens (including phenoxy) is 1. The fraction of sp³-hybridized carbons (Fsp3) is 0.333.